The minimum Gasteiger partial charge on any atom is -0.477 e. The molecule has 0 bridgehead atoms. The Hall–Kier alpha value is -3.18. The predicted octanol–water partition coefficient (Wildman–Crippen LogP) is 4.03. The third-order valence-electron chi connectivity index (χ3n) is 3.45. The molecule has 0 aliphatic rings. The molecule has 0 aliphatic carbocycles. The smallest absolute Gasteiger partial charge is 0.347 e. The van der Waals surface area contributed by atoms with Gasteiger partial charge in [0.25, 0.3) is 0 Å². The zero-order valence-electron chi connectivity index (χ0n) is 12.7. The summed E-state index contributed by atoms with van der Waals surface area (Å²) in [5.41, 5.74) is 0.208. The number of hydrogen-bond donors (Lipinski definition) is 1. The number of aromatic carboxylic acids is 1. The lowest BCUT2D eigenvalue weighted by molar-refractivity contribution is 0.0701. The number of nitrogens with zero attached hydrogens (tertiary/aromatic N) is 3. The van der Waals surface area contributed by atoms with Gasteiger partial charge in [0.05, 0.1) is 22.5 Å². The van der Waals surface area contributed by atoms with Crippen LogP contribution in [0, 0.1) is 29.9 Å². The minimum absolute atomic E-state index is 0.0359. The summed E-state index contributed by atoms with van der Waals surface area (Å²) in [5, 5.41) is 18.8. The molecule has 0 aliphatic heterocycles. The third kappa shape index (κ3) is 2.97. The molecular weight excluding hydrogens is 348 g/mol. The van der Waals surface area contributed by atoms with E-state index in [0.29, 0.717) is 16.3 Å². The summed E-state index contributed by atoms with van der Waals surface area (Å²) < 4.78 is 27.9. The third-order valence-corrected chi connectivity index (χ3v) is 4.64. The normalized spacial score (nSPS) is 10.5. The Balaban J connectivity index is 2.14. The fourth-order valence-corrected chi connectivity index (χ4v) is 3.19. The highest BCUT2D eigenvalue weighted by molar-refractivity contribution is 7.17. The van der Waals surface area contributed by atoms with Crippen molar-refractivity contribution >= 4 is 17.3 Å². The number of carboxylic acids is 1. The monoisotopic (exact) mass is 357 g/mol. The van der Waals surface area contributed by atoms with Crippen molar-refractivity contribution < 1.29 is 18.7 Å². The number of aryl methyl sites for hydroxylation is 1. The summed E-state index contributed by atoms with van der Waals surface area (Å²) in [6.07, 6.45) is 1.31. The molecule has 0 unspecified atom stereocenters. The minimum atomic E-state index is -1.10. The molecule has 3 aromatic rings. The Morgan fingerprint density at radius 3 is 2.56 bits per heavy atom. The zero-order chi connectivity index (χ0) is 18.1. The largest absolute Gasteiger partial charge is 0.477 e. The summed E-state index contributed by atoms with van der Waals surface area (Å²) in [6.45, 7) is 1.56. The van der Waals surface area contributed by atoms with Gasteiger partial charge in [0.2, 0.25) is 0 Å². The first-order valence-corrected chi connectivity index (χ1v) is 7.79. The molecule has 2 aromatic heterocycles. The second-order valence-electron chi connectivity index (χ2n) is 5.07. The summed E-state index contributed by atoms with van der Waals surface area (Å²) in [4.78, 5) is 19.4. The Morgan fingerprint density at radius 2 is 2.00 bits per heavy atom. The average molecular weight is 357 g/mol. The van der Waals surface area contributed by atoms with Gasteiger partial charge in [0.15, 0.2) is 0 Å². The highest BCUT2D eigenvalue weighted by atomic mass is 32.1. The van der Waals surface area contributed by atoms with Crippen LogP contribution in [-0.2, 0) is 0 Å². The van der Waals surface area contributed by atoms with E-state index in [0.717, 1.165) is 23.5 Å². The number of carboxylic acid groups (broad SMARTS) is 1. The second kappa shape index (κ2) is 6.37. The van der Waals surface area contributed by atoms with E-state index in [9.17, 15) is 18.8 Å². The second-order valence-corrected chi connectivity index (χ2v) is 6.07. The van der Waals surface area contributed by atoms with Crippen molar-refractivity contribution in [3.63, 3.8) is 0 Å². The van der Waals surface area contributed by atoms with Crippen LogP contribution >= 0.6 is 11.3 Å². The molecule has 0 fully saturated rings. The van der Waals surface area contributed by atoms with Gasteiger partial charge < -0.3 is 5.11 Å². The van der Waals surface area contributed by atoms with Gasteiger partial charge in [0.1, 0.15) is 27.6 Å². The summed E-state index contributed by atoms with van der Waals surface area (Å²) in [7, 11) is 0. The topological polar surface area (TPSA) is 86.9 Å². The maximum absolute atomic E-state index is 14.0. The van der Waals surface area contributed by atoms with Crippen LogP contribution in [0.2, 0.25) is 0 Å². The summed E-state index contributed by atoms with van der Waals surface area (Å²) >= 11 is 0.940. The highest BCUT2D eigenvalue weighted by Gasteiger charge is 2.19. The van der Waals surface area contributed by atoms with Gasteiger partial charge >= 0.3 is 5.97 Å². The molecule has 8 heteroatoms. The molecule has 3 rings (SSSR count). The van der Waals surface area contributed by atoms with Gasteiger partial charge in [-0.2, -0.15) is 5.26 Å². The van der Waals surface area contributed by atoms with Crippen molar-refractivity contribution in [3.8, 4) is 27.9 Å². The predicted molar refractivity (Wildman–Crippen MR) is 87.1 cm³/mol. The van der Waals surface area contributed by atoms with Gasteiger partial charge in [-0.1, -0.05) is 6.07 Å². The van der Waals surface area contributed by atoms with Crippen molar-refractivity contribution in [2.75, 3.05) is 0 Å². The number of thiazole rings is 1. The highest BCUT2D eigenvalue weighted by Crippen LogP contribution is 2.32. The van der Waals surface area contributed by atoms with E-state index in [-0.39, 0.29) is 21.7 Å². The van der Waals surface area contributed by atoms with E-state index in [1.54, 1.807) is 6.92 Å². The van der Waals surface area contributed by atoms with E-state index in [2.05, 4.69) is 9.97 Å². The van der Waals surface area contributed by atoms with Crippen molar-refractivity contribution in [1.29, 1.82) is 5.26 Å². The van der Waals surface area contributed by atoms with Gasteiger partial charge in [-0.15, -0.1) is 11.3 Å². The van der Waals surface area contributed by atoms with Crippen molar-refractivity contribution in [2.24, 2.45) is 0 Å². The van der Waals surface area contributed by atoms with Crippen molar-refractivity contribution in [1.82, 2.24) is 9.97 Å². The summed E-state index contributed by atoms with van der Waals surface area (Å²) in [5.74, 6) is -2.75. The average Bonchev–Trinajstić information content (AvgIpc) is 2.97. The molecule has 5 nitrogen and oxygen atoms in total. The first-order chi connectivity index (χ1) is 11.9. The Kier molecular flexibility index (Phi) is 4.25. The lowest BCUT2D eigenvalue weighted by atomic mass is 10.0. The van der Waals surface area contributed by atoms with Crippen molar-refractivity contribution in [2.45, 2.75) is 6.92 Å². The zero-order valence-corrected chi connectivity index (χ0v) is 13.6. The van der Waals surface area contributed by atoms with Crippen LogP contribution < -0.4 is 0 Å². The van der Waals surface area contributed by atoms with Crippen LogP contribution in [0.25, 0.3) is 21.8 Å². The molecule has 2 heterocycles. The number of pyridine rings is 1. The molecule has 0 spiro atoms. The van der Waals surface area contributed by atoms with Gasteiger partial charge in [-0.25, -0.2) is 18.6 Å². The molecule has 0 atom stereocenters. The number of carbonyl (C=O) groups is 1. The number of rotatable bonds is 3. The first-order valence-electron chi connectivity index (χ1n) is 6.98. The summed E-state index contributed by atoms with van der Waals surface area (Å²) in [6, 6.07) is 6.64. The Labute approximate surface area is 144 Å². The molecule has 0 radical (unpaired) electrons. The number of nitriles is 1. The fourth-order valence-electron chi connectivity index (χ4n) is 2.31. The fraction of sp³-hybridized carbons (Fsp3) is 0.0588. The van der Waals surface area contributed by atoms with E-state index >= 15 is 0 Å². The Bertz CT molecular complexity index is 1020. The number of benzene rings is 1. The quantitative estimate of drug-likeness (QED) is 0.765. The lowest BCUT2D eigenvalue weighted by Gasteiger charge is -2.07. The number of halogens is 2. The van der Waals surface area contributed by atoms with E-state index in [4.69, 9.17) is 5.11 Å². The van der Waals surface area contributed by atoms with Gasteiger partial charge in [0, 0.05) is 11.8 Å². The van der Waals surface area contributed by atoms with Gasteiger partial charge in [-0.3, -0.25) is 4.98 Å². The molecule has 25 heavy (non-hydrogen) atoms. The SMILES string of the molecule is Cc1nc(-c2cnc(-c3c(F)cccc3F)c(C#N)c2)sc1C(=O)O. The number of hydrogen-bond acceptors (Lipinski definition) is 5. The molecule has 124 valence electrons. The Morgan fingerprint density at radius 1 is 1.32 bits per heavy atom. The van der Waals surface area contributed by atoms with Crippen LogP contribution in [0.5, 0.6) is 0 Å². The molecule has 1 aromatic carbocycles. The van der Waals surface area contributed by atoms with Crippen LogP contribution in [0.4, 0.5) is 8.78 Å². The van der Waals surface area contributed by atoms with Gasteiger partial charge in [-0.05, 0) is 25.1 Å². The van der Waals surface area contributed by atoms with Crippen LogP contribution in [0.15, 0.2) is 30.5 Å². The molecule has 1 N–H and O–H groups in total. The molecule has 0 amide bonds. The molecule has 0 saturated heterocycles. The molecule has 0 saturated carbocycles. The lowest BCUT2D eigenvalue weighted by Crippen LogP contribution is -1.96. The maximum atomic E-state index is 14.0. The van der Waals surface area contributed by atoms with Crippen molar-refractivity contribution in [3.05, 3.63) is 58.2 Å². The molecular formula is C17H9F2N3O2S. The number of aromatic nitrogens is 2. The van der Waals surface area contributed by atoms with Crippen LogP contribution in [0.3, 0.4) is 0 Å². The van der Waals surface area contributed by atoms with E-state index in [1.807, 2.05) is 6.07 Å². The first kappa shape index (κ1) is 16.7. The maximum Gasteiger partial charge on any atom is 0.347 e. The van der Waals surface area contributed by atoms with E-state index in [1.165, 1.54) is 18.3 Å². The van der Waals surface area contributed by atoms with E-state index < -0.39 is 17.6 Å². The van der Waals surface area contributed by atoms with Crippen LogP contribution in [0.1, 0.15) is 20.9 Å². The standard InChI is InChI=1S/C17H9F2N3O2S/c1-8-15(17(23)24)25-16(22-8)10-5-9(6-20)14(21-7-10)13-11(18)3-2-4-12(13)19/h2-5,7H,1H3,(H,23,24). The van der Waals surface area contributed by atoms with Crippen LogP contribution in [-0.4, -0.2) is 21.0 Å².